The second-order valence-electron chi connectivity index (χ2n) is 1.86. The zero-order valence-electron chi connectivity index (χ0n) is 5.91. The lowest BCUT2D eigenvalue weighted by Gasteiger charge is -1.88. The molecular formula is C8H8O3. The average molecular weight is 152 g/mol. The first-order valence-corrected chi connectivity index (χ1v) is 2.82. The van der Waals surface area contributed by atoms with Crippen molar-refractivity contribution in [2.24, 2.45) is 0 Å². The molecule has 0 amide bonds. The van der Waals surface area contributed by atoms with Gasteiger partial charge in [-0.3, -0.25) is 4.79 Å². The molecule has 0 aromatic heterocycles. The third kappa shape index (κ3) is 3.86. The van der Waals surface area contributed by atoms with Gasteiger partial charge >= 0.3 is 5.97 Å². The molecule has 0 atom stereocenters. The van der Waals surface area contributed by atoms with Crippen LogP contribution in [0.1, 0.15) is 0 Å². The quantitative estimate of drug-likeness (QED) is 0.370. The summed E-state index contributed by atoms with van der Waals surface area (Å²) in [5.41, 5.74) is 0.139. The molecule has 3 nitrogen and oxygen atoms in total. The number of hydrogen-bond acceptors (Lipinski definition) is 2. The summed E-state index contributed by atoms with van der Waals surface area (Å²) in [5, 5.41) is 8.30. The van der Waals surface area contributed by atoms with E-state index < -0.39 is 5.97 Å². The Labute approximate surface area is 64.3 Å². The first-order chi connectivity index (χ1) is 5.07. The summed E-state index contributed by atoms with van der Waals surface area (Å²) in [5.74, 6) is -1.11. The van der Waals surface area contributed by atoms with Crippen LogP contribution < -0.4 is 0 Å². The smallest absolute Gasteiger partial charge is 0.335 e. The zero-order chi connectivity index (χ0) is 8.85. The number of carboxylic acid groups (broad SMARTS) is 1. The molecule has 1 N–H and O–H groups in total. The maximum Gasteiger partial charge on any atom is 0.335 e. The maximum absolute atomic E-state index is 10.1. The molecule has 0 saturated heterocycles. The largest absolute Gasteiger partial charge is 0.478 e. The van der Waals surface area contributed by atoms with Crippen molar-refractivity contribution in [1.82, 2.24) is 0 Å². The number of allylic oxidation sites excluding steroid dienone is 2. The summed E-state index contributed by atoms with van der Waals surface area (Å²) in [4.78, 5) is 20.1. The Hall–Kier alpha value is -1.64. The normalized spacial score (nSPS) is 9.45. The van der Waals surface area contributed by atoms with Gasteiger partial charge in [-0.1, -0.05) is 19.2 Å². The van der Waals surface area contributed by atoms with Gasteiger partial charge in [0.15, 0.2) is 0 Å². The van der Waals surface area contributed by atoms with E-state index in [-0.39, 0.29) is 11.1 Å². The molecule has 11 heavy (non-hydrogen) atoms. The van der Waals surface area contributed by atoms with Crippen LogP contribution in [0.15, 0.2) is 36.5 Å². The Bertz CT molecular complexity index is 236. The summed E-state index contributed by atoms with van der Waals surface area (Å²) in [6, 6.07) is 0. The second kappa shape index (κ2) is 4.22. The van der Waals surface area contributed by atoms with Gasteiger partial charge in [-0.15, -0.1) is 0 Å². The molecule has 0 saturated carbocycles. The number of carboxylic acids is 1. The second-order valence-corrected chi connectivity index (χ2v) is 1.86. The van der Waals surface area contributed by atoms with E-state index in [1.165, 1.54) is 12.2 Å². The fraction of sp³-hybridized carbons (Fsp3) is 0. The van der Waals surface area contributed by atoms with Crippen LogP contribution in [0, 0.1) is 0 Å². The predicted molar refractivity (Wildman–Crippen MR) is 41.1 cm³/mol. The molecule has 0 aromatic carbocycles. The average Bonchev–Trinajstić information content (AvgIpc) is 1.99. The Morgan fingerprint density at radius 3 is 2.18 bits per heavy atom. The molecule has 0 heterocycles. The van der Waals surface area contributed by atoms with Crippen molar-refractivity contribution in [3.05, 3.63) is 36.5 Å². The Kier molecular flexibility index (Phi) is 3.59. The van der Waals surface area contributed by atoms with E-state index in [2.05, 4.69) is 13.2 Å². The van der Waals surface area contributed by atoms with Crippen LogP contribution in [0.25, 0.3) is 0 Å². The molecule has 0 radical (unpaired) electrons. The first kappa shape index (κ1) is 9.36. The van der Waals surface area contributed by atoms with Crippen molar-refractivity contribution in [2.45, 2.75) is 0 Å². The van der Waals surface area contributed by atoms with Gasteiger partial charge in [0, 0.05) is 5.57 Å². The van der Waals surface area contributed by atoms with Gasteiger partial charge < -0.3 is 5.11 Å². The van der Waals surface area contributed by atoms with E-state index in [9.17, 15) is 9.59 Å². The van der Waals surface area contributed by atoms with E-state index >= 15 is 0 Å². The molecule has 0 aliphatic carbocycles. The third-order valence-corrected chi connectivity index (χ3v) is 0.925. The van der Waals surface area contributed by atoms with E-state index in [1.54, 1.807) is 0 Å². The minimum Gasteiger partial charge on any atom is -0.478 e. The van der Waals surface area contributed by atoms with Gasteiger partial charge in [0.2, 0.25) is 0 Å². The molecule has 0 bridgehead atoms. The molecular weight excluding hydrogens is 144 g/mol. The van der Waals surface area contributed by atoms with Crippen molar-refractivity contribution >= 4 is 12.3 Å². The molecule has 0 aliphatic heterocycles. The Morgan fingerprint density at radius 1 is 1.27 bits per heavy atom. The maximum atomic E-state index is 10.1. The number of hydrogen-bond donors (Lipinski definition) is 1. The van der Waals surface area contributed by atoms with Gasteiger partial charge in [0.25, 0.3) is 0 Å². The molecule has 3 heteroatoms. The van der Waals surface area contributed by atoms with Crippen LogP contribution in [0.3, 0.4) is 0 Å². The molecule has 0 spiro atoms. The molecule has 0 aliphatic rings. The highest BCUT2D eigenvalue weighted by molar-refractivity contribution is 5.89. The standard InChI is InChI=1S/C8H8O3/c1-6(5-9)3-4-7(2)8(10)11/h3-5H,1-2H2,(H,10,11)/b4-3-. The number of carbonyl (C=O) groups is 2. The number of rotatable bonds is 4. The zero-order valence-corrected chi connectivity index (χ0v) is 5.91. The van der Waals surface area contributed by atoms with Crippen LogP contribution >= 0.6 is 0 Å². The SMILES string of the molecule is C=C(C=O)/C=C\C(=C)C(=O)O. The Balaban J connectivity index is 4.14. The molecule has 58 valence electrons. The van der Waals surface area contributed by atoms with Crippen LogP contribution in [0.5, 0.6) is 0 Å². The summed E-state index contributed by atoms with van der Waals surface area (Å²) in [6.45, 7) is 6.53. The fourth-order valence-corrected chi connectivity index (χ4v) is 0.318. The van der Waals surface area contributed by atoms with E-state index in [0.717, 1.165) is 0 Å². The lowest BCUT2D eigenvalue weighted by atomic mass is 10.2. The first-order valence-electron chi connectivity index (χ1n) is 2.82. The molecule has 0 fully saturated rings. The van der Waals surface area contributed by atoms with Gasteiger partial charge in [-0.05, 0) is 6.08 Å². The lowest BCUT2D eigenvalue weighted by Crippen LogP contribution is -1.95. The van der Waals surface area contributed by atoms with Gasteiger partial charge in [0.1, 0.15) is 6.29 Å². The number of aliphatic carboxylic acids is 1. The fourth-order valence-electron chi connectivity index (χ4n) is 0.318. The van der Waals surface area contributed by atoms with E-state index in [4.69, 9.17) is 5.11 Å². The topological polar surface area (TPSA) is 54.4 Å². The van der Waals surface area contributed by atoms with E-state index in [0.29, 0.717) is 6.29 Å². The summed E-state index contributed by atoms with van der Waals surface area (Å²) < 4.78 is 0. The summed E-state index contributed by atoms with van der Waals surface area (Å²) >= 11 is 0. The van der Waals surface area contributed by atoms with Crippen LogP contribution in [-0.4, -0.2) is 17.4 Å². The van der Waals surface area contributed by atoms with Crippen molar-refractivity contribution in [1.29, 1.82) is 0 Å². The molecule has 0 aromatic rings. The van der Waals surface area contributed by atoms with Crippen LogP contribution in [0.2, 0.25) is 0 Å². The van der Waals surface area contributed by atoms with Crippen molar-refractivity contribution in [2.75, 3.05) is 0 Å². The van der Waals surface area contributed by atoms with Crippen molar-refractivity contribution in [3.63, 3.8) is 0 Å². The van der Waals surface area contributed by atoms with Crippen LogP contribution in [0.4, 0.5) is 0 Å². The predicted octanol–water partition coefficient (Wildman–Crippen LogP) is 0.938. The number of carbonyl (C=O) groups excluding carboxylic acids is 1. The van der Waals surface area contributed by atoms with Crippen molar-refractivity contribution < 1.29 is 14.7 Å². The monoisotopic (exact) mass is 152 g/mol. The minimum absolute atomic E-state index is 0.0759. The van der Waals surface area contributed by atoms with Gasteiger partial charge in [-0.25, -0.2) is 4.79 Å². The van der Waals surface area contributed by atoms with Crippen molar-refractivity contribution in [3.8, 4) is 0 Å². The lowest BCUT2D eigenvalue weighted by molar-refractivity contribution is -0.132. The van der Waals surface area contributed by atoms with Gasteiger partial charge in [0.05, 0.1) is 5.57 Å². The van der Waals surface area contributed by atoms with Gasteiger partial charge in [-0.2, -0.15) is 0 Å². The molecule has 0 unspecified atom stereocenters. The number of aldehydes is 1. The highest BCUT2D eigenvalue weighted by atomic mass is 16.4. The van der Waals surface area contributed by atoms with E-state index in [1.807, 2.05) is 0 Å². The van der Waals surface area contributed by atoms with Crippen LogP contribution in [-0.2, 0) is 9.59 Å². The molecule has 0 rings (SSSR count). The third-order valence-electron chi connectivity index (χ3n) is 0.925. The summed E-state index contributed by atoms with van der Waals surface area (Å²) in [6.07, 6.45) is 3.05. The Morgan fingerprint density at radius 2 is 1.82 bits per heavy atom. The summed E-state index contributed by atoms with van der Waals surface area (Å²) in [7, 11) is 0. The highest BCUT2D eigenvalue weighted by Crippen LogP contribution is 1.95. The highest BCUT2D eigenvalue weighted by Gasteiger charge is 1.96. The minimum atomic E-state index is -1.11.